The zero-order valence-electron chi connectivity index (χ0n) is 14.3. The third-order valence-corrected chi connectivity index (χ3v) is 4.59. The number of nitrogens with one attached hydrogen (secondary N) is 1. The normalized spacial score (nSPS) is 14.2. The van der Waals surface area contributed by atoms with Crippen molar-refractivity contribution in [1.82, 2.24) is 19.7 Å². The molecule has 1 aliphatic rings. The van der Waals surface area contributed by atoms with E-state index in [0.29, 0.717) is 12.1 Å². The van der Waals surface area contributed by atoms with Crippen LogP contribution < -0.4 is 10.2 Å². The Labute approximate surface area is 146 Å². The van der Waals surface area contributed by atoms with Crippen LogP contribution in [0.15, 0.2) is 42.9 Å². The highest BCUT2D eigenvalue weighted by Gasteiger charge is 2.20. The van der Waals surface area contributed by atoms with Crippen molar-refractivity contribution in [3.63, 3.8) is 0 Å². The summed E-state index contributed by atoms with van der Waals surface area (Å²) in [5, 5.41) is 2.98. The van der Waals surface area contributed by atoms with Gasteiger partial charge in [-0.25, -0.2) is 9.97 Å². The van der Waals surface area contributed by atoms with Crippen LogP contribution in [0.1, 0.15) is 34.5 Å². The third kappa shape index (κ3) is 3.07. The van der Waals surface area contributed by atoms with Crippen LogP contribution in [0.3, 0.4) is 0 Å². The Bertz CT molecular complexity index is 911. The number of aromatic nitrogens is 3. The Morgan fingerprint density at radius 2 is 2.08 bits per heavy atom. The maximum absolute atomic E-state index is 12.7. The number of amides is 1. The van der Waals surface area contributed by atoms with Gasteiger partial charge in [-0.1, -0.05) is 6.07 Å². The predicted octanol–water partition coefficient (Wildman–Crippen LogP) is 2.57. The molecule has 25 heavy (non-hydrogen) atoms. The van der Waals surface area contributed by atoms with Crippen molar-refractivity contribution in [1.29, 1.82) is 0 Å². The van der Waals surface area contributed by atoms with Crippen LogP contribution in [0.4, 0.5) is 5.82 Å². The first-order valence-electron chi connectivity index (χ1n) is 8.64. The summed E-state index contributed by atoms with van der Waals surface area (Å²) in [7, 11) is 0. The summed E-state index contributed by atoms with van der Waals surface area (Å²) in [4.78, 5) is 23.9. The zero-order valence-corrected chi connectivity index (χ0v) is 14.3. The lowest BCUT2D eigenvalue weighted by atomic mass is 10.2. The Morgan fingerprint density at radius 3 is 2.88 bits per heavy atom. The van der Waals surface area contributed by atoms with Crippen molar-refractivity contribution in [3.8, 4) is 0 Å². The quantitative estimate of drug-likeness (QED) is 0.796. The fourth-order valence-electron chi connectivity index (χ4n) is 3.31. The van der Waals surface area contributed by atoms with Crippen LogP contribution in [0.5, 0.6) is 0 Å². The summed E-state index contributed by atoms with van der Waals surface area (Å²) in [5.74, 6) is 0.673. The number of fused-ring (bicyclic) bond motifs is 1. The van der Waals surface area contributed by atoms with Crippen LogP contribution in [0.2, 0.25) is 0 Å². The van der Waals surface area contributed by atoms with E-state index < -0.39 is 0 Å². The number of imidazole rings is 1. The van der Waals surface area contributed by atoms with E-state index >= 15 is 0 Å². The summed E-state index contributed by atoms with van der Waals surface area (Å²) < 4.78 is 1.98. The van der Waals surface area contributed by atoms with Crippen molar-refractivity contribution in [3.05, 3.63) is 59.7 Å². The number of carbonyl (C=O) groups is 1. The molecule has 3 aromatic rings. The highest BCUT2D eigenvalue weighted by atomic mass is 16.1. The number of nitrogens with zero attached hydrogens (tertiary/aromatic N) is 4. The van der Waals surface area contributed by atoms with Crippen molar-refractivity contribution < 1.29 is 4.79 Å². The molecule has 4 heterocycles. The number of hydrogen-bond acceptors (Lipinski definition) is 4. The Kier molecular flexibility index (Phi) is 4.09. The standard InChI is InChI=1S/C19H21N5O/c1-14-6-5-11-24-13-15(22-17(14)24)12-21-19(25)16-7-4-8-20-18(16)23-9-2-3-10-23/h4-8,11,13H,2-3,9-10,12H2,1H3,(H,21,25). The molecule has 1 N–H and O–H groups in total. The number of pyridine rings is 2. The van der Waals surface area contributed by atoms with Gasteiger partial charge in [-0.2, -0.15) is 0 Å². The van der Waals surface area contributed by atoms with Crippen LogP contribution >= 0.6 is 0 Å². The van der Waals surface area contributed by atoms with Gasteiger partial charge in [0.25, 0.3) is 5.91 Å². The first kappa shape index (κ1) is 15.6. The van der Waals surface area contributed by atoms with E-state index in [9.17, 15) is 4.79 Å². The third-order valence-electron chi connectivity index (χ3n) is 4.59. The van der Waals surface area contributed by atoms with Gasteiger partial charge in [0.15, 0.2) is 0 Å². The minimum atomic E-state index is -0.108. The Balaban J connectivity index is 1.51. The molecule has 0 aromatic carbocycles. The lowest BCUT2D eigenvalue weighted by molar-refractivity contribution is 0.0950. The second-order valence-corrected chi connectivity index (χ2v) is 6.41. The smallest absolute Gasteiger partial charge is 0.255 e. The average molecular weight is 335 g/mol. The molecule has 1 amide bonds. The molecule has 0 aliphatic carbocycles. The minimum absolute atomic E-state index is 0.108. The first-order chi connectivity index (χ1) is 12.2. The van der Waals surface area contributed by atoms with Gasteiger partial charge >= 0.3 is 0 Å². The largest absolute Gasteiger partial charge is 0.356 e. The number of carbonyl (C=O) groups excluding carboxylic acids is 1. The minimum Gasteiger partial charge on any atom is -0.356 e. The fraction of sp³-hybridized carbons (Fsp3) is 0.316. The molecule has 1 fully saturated rings. The second kappa shape index (κ2) is 6.55. The van der Waals surface area contributed by atoms with Crippen LogP contribution in [0, 0.1) is 6.92 Å². The molecule has 0 atom stereocenters. The maximum Gasteiger partial charge on any atom is 0.255 e. The van der Waals surface area contributed by atoms with E-state index in [1.54, 1.807) is 6.20 Å². The van der Waals surface area contributed by atoms with Gasteiger partial charge in [-0.15, -0.1) is 0 Å². The molecule has 0 radical (unpaired) electrons. The topological polar surface area (TPSA) is 62.5 Å². The molecule has 4 rings (SSSR count). The maximum atomic E-state index is 12.7. The molecule has 0 saturated carbocycles. The zero-order chi connectivity index (χ0) is 17.2. The second-order valence-electron chi connectivity index (χ2n) is 6.41. The molecule has 1 saturated heterocycles. The molecule has 6 nitrogen and oxygen atoms in total. The fourth-order valence-corrected chi connectivity index (χ4v) is 3.31. The number of anilines is 1. The van der Waals surface area contributed by atoms with E-state index in [4.69, 9.17) is 0 Å². The molecule has 3 aromatic heterocycles. The first-order valence-corrected chi connectivity index (χ1v) is 8.64. The van der Waals surface area contributed by atoms with Crippen LogP contribution in [0.25, 0.3) is 5.65 Å². The SMILES string of the molecule is Cc1cccn2cc(CNC(=O)c3cccnc3N3CCCC3)nc12. The molecule has 0 spiro atoms. The molecular formula is C19H21N5O. The van der Waals surface area contributed by atoms with Gasteiger partial charge in [0.2, 0.25) is 0 Å². The number of aryl methyl sites for hydroxylation is 1. The van der Waals surface area contributed by atoms with Gasteiger partial charge in [-0.05, 0) is 43.5 Å². The Morgan fingerprint density at radius 1 is 1.24 bits per heavy atom. The van der Waals surface area contributed by atoms with Crippen LogP contribution in [-0.4, -0.2) is 33.4 Å². The number of hydrogen-bond donors (Lipinski definition) is 1. The van der Waals surface area contributed by atoms with Crippen molar-refractivity contribution >= 4 is 17.4 Å². The van der Waals surface area contributed by atoms with E-state index in [0.717, 1.165) is 48.7 Å². The van der Waals surface area contributed by atoms with Gasteiger partial charge in [0.1, 0.15) is 11.5 Å². The number of rotatable bonds is 4. The van der Waals surface area contributed by atoms with Gasteiger partial charge in [0, 0.05) is 31.7 Å². The lowest BCUT2D eigenvalue weighted by Gasteiger charge is -2.19. The molecule has 0 unspecified atom stereocenters. The van der Waals surface area contributed by atoms with E-state index in [1.807, 2.05) is 48.0 Å². The van der Waals surface area contributed by atoms with Gasteiger partial charge < -0.3 is 14.6 Å². The molecule has 6 heteroatoms. The molecule has 128 valence electrons. The summed E-state index contributed by atoms with van der Waals surface area (Å²) >= 11 is 0. The monoisotopic (exact) mass is 335 g/mol. The molecular weight excluding hydrogens is 314 g/mol. The van der Waals surface area contributed by atoms with Gasteiger partial charge in [-0.3, -0.25) is 4.79 Å². The van der Waals surface area contributed by atoms with Gasteiger partial charge in [0.05, 0.1) is 17.8 Å². The van der Waals surface area contributed by atoms with Crippen LogP contribution in [-0.2, 0) is 6.54 Å². The van der Waals surface area contributed by atoms with Crippen molar-refractivity contribution in [2.24, 2.45) is 0 Å². The summed E-state index contributed by atoms with van der Waals surface area (Å²) in [6, 6.07) is 7.67. The van der Waals surface area contributed by atoms with E-state index in [2.05, 4.69) is 20.2 Å². The Hall–Kier alpha value is -2.89. The molecule has 0 bridgehead atoms. The average Bonchev–Trinajstić information content (AvgIpc) is 3.30. The summed E-state index contributed by atoms with van der Waals surface area (Å²) in [6.07, 6.45) is 7.96. The molecule has 1 aliphatic heterocycles. The summed E-state index contributed by atoms with van der Waals surface area (Å²) in [6.45, 7) is 4.35. The predicted molar refractivity (Wildman–Crippen MR) is 96.8 cm³/mol. The van der Waals surface area contributed by atoms with Crippen molar-refractivity contribution in [2.45, 2.75) is 26.3 Å². The van der Waals surface area contributed by atoms with Crippen molar-refractivity contribution in [2.75, 3.05) is 18.0 Å². The van der Waals surface area contributed by atoms with E-state index in [1.165, 1.54) is 0 Å². The highest BCUT2D eigenvalue weighted by molar-refractivity contribution is 5.98. The van der Waals surface area contributed by atoms with E-state index in [-0.39, 0.29) is 5.91 Å². The lowest BCUT2D eigenvalue weighted by Crippen LogP contribution is -2.28. The highest BCUT2D eigenvalue weighted by Crippen LogP contribution is 2.21. The summed E-state index contributed by atoms with van der Waals surface area (Å²) in [5.41, 5.74) is 3.51.